The first-order valence-corrected chi connectivity index (χ1v) is 8.95. The lowest BCUT2D eigenvalue weighted by Gasteiger charge is -2.18. The fraction of sp³-hybridized carbons (Fsp3) is 0.611. The Morgan fingerprint density at radius 2 is 1.96 bits per heavy atom. The van der Waals surface area contributed by atoms with Gasteiger partial charge in [-0.1, -0.05) is 38.8 Å². The smallest absolute Gasteiger partial charge is 0.342 e. The predicted octanol–water partition coefficient (Wildman–Crippen LogP) is 4.06. The van der Waals surface area contributed by atoms with E-state index in [1.54, 1.807) is 12.1 Å². The maximum atomic E-state index is 12.3. The third-order valence-electron chi connectivity index (χ3n) is 3.89. The molecule has 1 aromatic rings. The zero-order valence-corrected chi connectivity index (χ0v) is 15.9. The molecule has 1 N–H and O–H groups in total. The van der Waals surface area contributed by atoms with Gasteiger partial charge in [0.05, 0.1) is 17.8 Å². The number of anilines is 1. The number of nitrogens with zero attached hydrogens (tertiary/aromatic N) is 1. The van der Waals surface area contributed by atoms with Crippen LogP contribution in [0.15, 0.2) is 12.1 Å². The van der Waals surface area contributed by atoms with Gasteiger partial charge in [0.1, 0.15) is 17.9 Å². The molecule has 0 spiro atoms. The number of unbranched alkanes of at least 4 members (excludes halogenated alkanes) is 1. The van der Waals surface area contributed by atoms with Crippen LogP contribution < -0.4 is 10.1 Å². The molecule has 0 saturated carbocycles. The van der Waals surface area contributed by atoms with Gasteiger partial charge in [-0.2, -0.15) is 0 Å². The van der Waals surface area contributed by atoms with Gasteiger partial charge >= 0.3 is 5.97 Å². The number of nitrogens with one attached hydrogen (secondary N) is 1. The molecular weight excluding hydrogens is 328 g/mol. The van der Waals surface area contributed by atoms with Crippen molar-refractivity contribution in [1.82, 2.24) is 4.90 Å². The van der Waals surface area contributed by atoms with Crippen molar-refractivity contribution in [3.05, 3.63) is 22.7 Å². The van der Waals surface area contributed by atoms with E-state index in [2.05, 4.69) is 31.0 Å². The van der Waals surface area contributed by atoms with Crippen LogP contribution in [-0.2, 0) is 4.74 Å². The largest absolute Gasteiger partial charge is 0.496 e. The Hall–Kier alpha value is -1.46. The minimum Gasteiger partial charge on any atom is -0.496 e. The number of likely N-dealkylation sites (N-methyl/N-ethyl adjacent to an activating group) is 1. The fourth-order valence-electron chi connectivity index (χ4n) is 2.30. The molecule has 0 atom stereocenters. The van der Waals surface area contributed by atoms with Gasteiger partial charge in [-0.05, 0) is 25.6 Å². The van der Waals surface area contributed by atoms with Crippen LogP contribution in [0.4, 0.5) is 5.69 Å². The van der Waals surface area contributed by atoms with Crippen LogP contribution in [0.25, 0.3) is 0 Å². The fourth-order valence-corrected chi connectivity index (χ4v) is 2.53. The molecule has 0 unspecified atom stereocenters. The van der Waals surface area contributed by atoms with Crippen molar-refractivity contribution in [1.29, 1.82) is 0 Å². The Labute approximate surface area is 150 Å². The Bertz CT molecular complexity index is 519. The van der Waals surface area contributed by atoms with Crippen molar-refractivity contribution in [2.24, 2.45) is 0 Å². The number of carbonyl (C=O) groups excluding carboxylic acids is 1. The maximum Gasteiger partial charge on any atom is 0.342 e. The second-order valence-corrected chi connectivity index (χ2v) is 5.88. The van der Waals surface area contributed by atoms with Gasteiger partial charge in [0.15, 0.2) is 0 Å². The molecule has 1 aromatic carbocycles. The monoisotopic (exact) mass is 356 g/mol. The lowest BCUT2D eigenvalue weighted by molar-refractivity contribution is 0.0463. The molecule has 24 heavy (non-hydrogen) atoms. The first-order chi connectivity index (χ1) is 11.6. The number of benzene rings is 1. The Morgan fingerprint density at radius 3 is 2.54 bits per heavy atom. The van der Waals surface area contributed by atoms with Gasteiger partial charge in [0.2, 0.25) is 0 Å². The third kappa shape index (κ3) is 6.21. The summed E-state index contributed by atoms with van der Waals surface area (Å²) in [5.74, 6) is 0.0484. The molecule has 1 rings (SSSR count). The van der Waals surface area contributed by atoms with Gasteiger partial charge < -0.3 is 19.7 Å². The lowest BCUT2D eigenvalue weighted by Crippen LogP contribution is -2.28. The van der Waals surface area contributed by atoms with Crippen LogP contribution in [-0.4, -0.2) is 50.8 Å². The van der Waals surface area contributed by atoms with Crippen LogP contribution in [0.5, 0.6) is 5.75 Å². The first kappa shape index (κ1) is 20.6. The second-order valence-electron chi connectivity index (χ2n) is 5.48. The molecule has 0 radical (unpaired) electrons. The van der Waals surface area contributed by atoms with E-state index >= 15 is 0 Å². The highest BCUT2D eigenvalue weighted by Crippen LogP contribution is 2.31. The predicted molar refractivity (Wildman–Crippen MR) is 99.5 cm³/mol. The highest BCUT2D eigenvalue weighted by Gasteiger charge is 2.17. The number of halogens is 1. The second kappa shape index (κ2) is 11.2. The minimum atomic E-state index is -0.416. The molecule has 0 aliphatic rings. The number of hydrogen-bond acceptors (Lipinski definition) is 5. The summed E-state index contributed by atoms with van der Waals surface area (Å²) in [6.45, 7) is 10.0. The highest BCUT2D eigenvalue weighted by atomic mass is 35.5. The summed E-state index contributed by atoms with van der Waals surface area (Å²) in [6.07, 6.45) is 2.15. The molecule has 0 saturated heterocycles. The first-order valence-electron chi connectivity index (χ1n) is 8.58. The maximum absolute atomic E-state index is 12.3. The number of carbonyl (C=O) groups is 1. The van der Waals surface area contributed by atoms with Crippen molar-refractivity contribution in [3.8, 4) is 5.75 Å². The Morgan fingerprint density at radius 1 is 1.25 bits per heavy atom. The normalized spacial score (nSPS) is 10.8. The van der Waals surface area contributed by atoms with Gasteiger partial charge in [0.25, 0.3) is 0 Å². The Kier molecular flexibility index (Phi) is 9.57. The molecular formula is C18H29ClN2O3. The van der Waals surface area contributed by atoms with Crippen molar-refractivity contribution in [3.63, 3.8) is 0 Å². The third-order valence-corrected chi connectivity index (χ3v) is 4.20. The van der Waals surface area contributed by atoms with Crippen LogP contribution in [0.3, 0.4) is 0 Å². The summed E-state index contributed by atoms with van der Waals surface area (Å²) in [4.78, 5) is 14.5. The van der Waals surface area contributed by atoms with Crippen molar-refractivity contribution in [2.75, 3.05) is 45.2 Å². The van der Waals surface area contributed by atoms with E-state index in [0.29, 0.717) is 29.5 Å². The van der Waals surface area contributed by atoms with E-state index in [9.17, 15) is 4.79 Å². The molecule has 0 aromatic heterocycles. The number of ether oxygens (including phenoxy) is 2. The Balaban J connectivity index is 2.75. The highest BCUT2D eigenvalue weighted by molar-refractivity contribution is 6.33. The van der Waals surface area contributed by atoms with Gasteiger partial charge in [-0.15, -0.1) is 0 Å². The summed E-state index contributed by atoms with van der Waals surface area (Å²) in [7, 11) is 1.53. The summed E-state index contributed by atoms with van der Waals surface area (Å²) in [5.41, 5.74) is 1.12. The zero-order chi connectivity index (χ0) is 17.9. The van der Waals surface area contributed by atoms with E-state index in [1.165, 1.54) is 7.11 Å². The SMILES string of the molecule is CCCCNc1cc(OC)c(C(=O)OCCN(CC)CC)cc1Cl. The van der Waals surface area contributed by atoms with Gasteiger partial charge in [-0.25, -0.2) is 4.79 Å². The average Bonchev–Trinajstić information content (AvgIpc) is 2.59. The molecule has 0 aliphatic carbocycles. The topological polar surface area (TPSA) is 50.8 Å². The van der Waals surface area contributed by atoms with Crippen molar-refractivity contribution in [2.45, 2.75) is 33.6 Å². The van der Waals surface area contributed by atoms with E-state index in [0.717, 1.165) is 38.2 Å². The molecule has 0 fully saturated rings. The number of rotatable bonds is 11. The van der Waals surface area contributed by atoms with E-state index < -0.39 is 5.97 Å². The lowest BCUT2D eigenvalue weighted by atomic mass is 10.1. The molecule has 6 heteroatoms. The number of esters is 1. The summed E-state index contributed by atoms with van der Waals surface area (Å²) >= 11 is 6.28. The van der Waals surface area contributed by atoms with Crippen LogP contribution in [0, 0.1) is 0 Å². The summed E-state index contributed by atoms with van der Waals surface area (Å²) in [6, 6.07) is 3.35. The number of methoxy groups -OCH3 is 1. The average molecular weight is 357 g/mol. The standard InChI is InChI=1S/C18H29ClN2O3/c1-5-8-9-20-16-13-17(23-4)14(12-15(16)19)18(22)24-11-10-21(6-2)7-3/h12-13,20H,5-11H2,1-4H3. The van der Waals surface area contributed by atoms with Crippen LogP contribution in [0.2, 0.25) is 5.02 Å². The van der Waals surface area contributed by atoms with Gasteiger partial charge in [0, 0.05) is 19.2 Å². The van der Waals surface area contributed by atoms with Crippen LogP contribution in [0.1, 0.15) is 44.0 Å². The van der Waals surface area contributed by atoms with Crippen molar-refractivity contribution < 1.29 is 14.3 Å². The van der Waals surface area contributed by atoms with Gasteiger partial charge in [-0.3, -0.25) is 0 Å². The molecule has 0 aliphatic heterocycles. The van der Waals surface area contributed by atoms with Crippen LogP contribution >= 0.6 is 11.6 Å². The summed E-state index contributed by atoms with van der Waals surface area (Å²) < 4.78 is 10.7. The molecule has 0 heterocycles. The van der Waals surface area contributed by atoms with Crippen molar-refractivity contribution >= 4 is 23.3 Å². The molecule has 0 amide bonds. The minimum absolute atomic E-state index is 0.345. The van der Waals surface area contributed by atoms with E-state index in [-0.39, 0.29) is 0 Å². The van der Waals surface area contributed by atoms with E-state index in [4.69, 9.17) is 21.1 Å². The van der Waals surface area contributed by atoms with E-state index in [1.807, 2.05) is 0 Å². The summed E-state index contributed by atoms with van der Waals surface area (Å²) in [5, 5.41) is 3.75. The zero-order valence-electron chi connectivity index (χ0n) is 15.2. The number of hydrogen-bond donors (Lipinski definition) is 1. The molecule has 0 bridgehead atoms. The quantitative estimate of drug-likeness (QED) is 0.478. The molecule has 136 valence electrons. The molecule has 5 nitrogen and oxygen atoms in total.